The lowest BCUT2D eigenvalue weighted by molar-refractivity contribution is 0.172. The molecule has 0 aliphatic carbocycles. The quantitative estimate of drug-likeness (QED) is 0.804. The molecule has 1 amide bonds. The van der Waals surface area contributed by atoms with Crippen LogP contribution in [0.3, 0.4) is 0 Å². The normalized spacial score (nSPS) is 11.7. The Morgan fingerprint density at radius 1 is 1.08 bits per heavy atom. The summed E-state index contributed by atoms with van der Waals surface area (Å²) in [6.07, 6.45) is 0.407. The van der Waals surface area contributed by atoms with Crippen LogP contribution in [0.5, 0.6) is 11.5 Å². The molecular formula is C19H23ClN2O3. The molecule has 0 fully saturated rings. The largest absolute Gasteiger partial charge is 0.494 e. The van der Waals surface area contributed by atoms with Crippen molar-refractivity contribution in [3.8, 4) is 11.5 Å². The number of nitrogens with one attached hydrogen (secondary N) is 1. The van der Waals surface area contributed by atoms with E-state index in [1.54, 1.807) is 38.4 Å². The summed E-state index contributed by atoms with van der Waals surface area (Å²) >= 11 is 5.86. The first-order valence-corrected chi connectivity index (χ1v) is 8.42. The Morgan fingerprint density at radius 2 is 1.68 bits per heavy atom. The van der Waals surface area contributed by atoms with Gasteiger partial charge in [0.15, 0.2) is 0 Å². The molecule has 2 rings (SSSR count). The number of rotatable bonds is 7. The van der Waals surface area contributed by atoms with Crippen molar-refractivity contribution >= 4 is 17.7 Å². The van der Waals surface area contributed by atoms with E-state index in [1.165, 1.54) is 4.90 Å². The van der Waals surface area contributed by atoms with Crippen molar-refractivity contribution in [3.63, 3.8) is 0 Å². The second kappa shape index (κ2) is 9.30. The van der Waals surface area contributed by atoms with Gasteiger partial charge in [-0.3, -0.25) is 0 Å². The molecule has 0 aliphatic heterocycles. The number of amides is 1. The average Bonchev–Trinajstić information content (AvgIpc) is 2.61. The summed E-state index contributed by atoms with van der Waals surface area (Å²) in [5.41, 5.74) is 1.10. The van der Waals surface area contributed by atoms with Crippen LogP contribution >= 0.6 is 11.6 Å². The predicted molar refractivity (Wildman–Crippen MR) is 99.5 cm³/mol. The van der Waals surface area contributed by atoms with E-state index < -0.39 is 6.09 Å². The highest BCUT2D eigenvalue weighted by Gasteiger charge is 2.11. The first-order chi connectivity index (χ1) is 12.0. The van der Waals surface area contributed by atoms with Crippen LogP contribution < -0.4 is 14.8 Å². The molecule has 6 heteroatoms. The number of benzene rings is 2. The molecule has 1 atom stereocenters. The van der Waals surface area contributed by atoms with Gasteiger partial charge in [0.05, 0.1) is 6.61 Å². The fraction of sp³-hybridized carbons (Fsp3) is 0.316. The van der Waals surface area contributed by atoms with Gasteiger partial charge in [-0.15, -0.1) is 0 Å². The van der Waals surface area contributed by atoms with Gasteiger partial charge in [-0.05, 0) is 49.0 Å². The summed E-state index contributed by atoms with van der Waals surface area (Å²) in [5, 5.41) is 3.97. The molecule has 25 heavy (non-hydrogen) atoms. The van der Waals surface area contributed by atoms with E-state index in [0.717, 1.165) is 17.7 Å². The van der Waals surface area contributed by atoms with Crippen molar-refractivity contribution in [1.82, 2.24) is 10.2 Å². The van der Waals surface area contributed by atoms with E-state index in [0.29, 0.717) is 17.4 Å². The van der Waals surface area contributed by atoms with E-state index >= 15 is 0 Å². The molecule has 0 saturated heterocycles. The molecule has 0 aromatic heterocycles. The first-order valence-electron chi connectivity index (χ1n) is 8.04. The molecule has 0 radical (unpaired) electrons. The minimum Gasteiger partial charge on any atom is -0.494 e. The third-order valence-corrected chi connectivity index (χ3v) is 3.94. The number of halogens is 1. The van der Waals surface area contributed by atoms with Gasteiger partial charge in [-0.25, -0.2) is 4.79 Å². The smallest absolute Gasteiger partial charge is 0.414 e. The Balaban J connectivity index is 1.89. The monoisotopic (exact) mass is 362 g/mol. The topological polar surface area (TPSA) is 50.8 Å². The number of nitrogens with zero attached hydrogens (tertiary/aromatic N) is 1. The lowest BCUT2D eigenvalue weighted by atomic mass is 10.0. The molecule has 0 bridgehead atoms. The predicted octanol–water partition coefficient (Wildman–Crippen LogP) is 4.13. The second-order valence-electron chi connectivity index (χ2n) is 5.76. The maximum Gasteiger partial charge on any atom is 0.414 e. The average molecular weight is 363 g/mol. The Hall–Kier alpha value is -2.24. The van der Waals surface area contributed by atoms with Crippen molar-refractivity contribution in [1.29, 1.82) is 0 Å². The fourth-order valence-corrected chi connectivity index (χ4v) is 2.39. The number of hydrogen-bond donors (Lipinski definition) is 1. The molecule has 0 aliphatic rings. The highest BCUT2D eigenvalue weighted by molar-refractivity contribution is 6.30. The fourth-order valence-electron chi connectivity index (χ4n) is 2.26. The lowest BCUT2D eigenvalue weighted by Gasteiger charge is -2.18. The van der Waals surface area contributed by atoms with Gasteiger partial charge < -0.3 is 19.7 Å². The summed E-state index contributed by atoms with van der Waals surface area (Å²) in [7, 11) is 5.20. The number of carbonyl (C=O) groups is 1. The molecule has 0 spiro atoms. The minimum absolute atomic E-state index is 0.144. The molecule has 2 aromatic carbocycles. The lowest BCUT2D eigenvalue weighted by Crippen LogP contribution is -2.25. The van der Waals surface area contributed by atoms with Gasteiger partial charge in [0, 0.05) is 31.6 Å². The maximum absolute atomic E-state index is 11.6. The second-order valence-corrected chi connectivity index (χ2v) is 6.20. The summed E-state index contributed by atoms with van der Waals surface area (Å²) in [4.78, 5) is 12.9. The standard InChI is InChI=1S/C19H23ClN2O3/c1-21-18(12-13-24-16-10-6-15(20)7-11-16)14-4-8-17(9-5-14)25-19(23)22(2)3/h4-11,18,21H,12-13H2,1-3H3/t18-/m0/s1. The Kier molecular flexibility index (Phi) is 7.10. The molecule has 0 unspecified atom stereocenters. The SMILES string of the molecule is CN[C@@H](CCOc1ccc(Cl)cc1)c1ccc(OC(=O)N(C)C)cc1. The molecular weight excluding hydrogens is 340 g/mol. The number of carbonyl (C=O) groups excluding carboxylic acids is 1. The van der Waals surface area contributed by atoms with Crippen LogP contribution in [0.25, 0.3) is 0 Å². The van der Waals surface area contributed by atoms with Crippen LogP contribution in [-0.2, 0) is 0 Å². The van der Waals surface area contributed by atoms with Crippen molar-refractivity contribution < 1.29 is 14.3 Å². The van der Waals surface area contributed by atoms with E-state index in [4.69, 9.17) is 21.1 Å². The van der Waals surface area contributed by atoms with Gasteiger partial charge in [0.25, 0.3) is 0 Å². The van der Waals surface area contributed by atoms with Crippen molar-refractivity contribution in [2.75, 3.05) is 27.7 Å². The third kappa shape index (κ3) is 5.96. The Bertz CT molecular complexity index is 672. The van der Waals surface area contributed by atoms with Crippen LogP contribution in [0.1, 0.15) is 18.0 Å². The maximum atomic E-state index is 11.6. The zero-order chi connectivity index (χ0) is 18.2. The van der Waals surface area contributed by atoms with Crippen LogP contribution in [0, 0.1) is 0 Å². The molecule has 134 valence electrons. The summed E-state index contributed by atoms with van der Waals surface area (Å²) in [5.74, 6) is 1.32. The number of hydrogen-bond acceptors (Lipinski definition) is 4. The van der Waals surface area contributed by atoms with Gasteiger partial charge in [0.1, 0.15) is 11.5 Å². The highest BCUT2D eigenvalue weighted by Crippen LogP contribution is 2.22. The van der Waals surface area contributed by atoms with Crippen LogP contribution in [-0.4, -0.2) is 38.7 Å². The summed E-state index contributed by atoms with van der Waals surface area (Å²) in [6, 6.07) is 14.9. The van der Waals surface area contributed by atoms with Crippen LogP contribution in [0.4, 0.5) is 4.79 Å². The Labute approximate surface area is 153 Å². The van der Waals surface area contributed by atoms with Gasteiger partial charge in [0.2, 0.25) is 0 Å². The van der Waals surface area contributed by atoms with Gasteiger partial charge in [-0.2, -0.15) is 0 Å². The summed E-state index contributed by atoms with van der Waals surface area (Å²) in [6.45, 7) is 0.574. The van der Waals surface area contributed by atoms with E-state index in [-0.39, 0.29) is 6.04 Å². The van der Waals surface area contributed by atoms with Gasteiger partial charge >= 0.3 is 6.09 Å². The van der Waals surface area contributed by atoms with Crippen molar-refractivity contribution in [3.05, 3.63) is 59.1 Å². The van der Waals surface area contributed by atoms with Crippen LogP contribution in [0.2, 0.25) is 5.02 Å². The van der Waals surface area contributed by atoms with Crippen molar-refractivity contribution in [2.24, 2.45) is 0 Å². The zero-order valence-corrected chi connectivity index (χ0v) is 15.4. The van der Waals surface area contributed by atoms with Crippen molar-refractivity contribution in [2.45, 2.75) is 12.5 Å². The van der Waals surface area contributed by atoms with Crippen LogP contribution in [0.15, 0.2) is 48.5 Å². The van der Waals surface area contributed by atoms with E-state index in [9.17, 15) is 4.79 Å². The third-order valence-electron chi connectivity index (χ3n) is 3.69. The molecule has 1 N–H and O–H groups in total. The first kappa shape index (κ1) is 19.1. The molecule has 5 nitrogen and oxygen atoms in total. The van der Waals surface area contributed by atoms with Gasteiger partial charge in [-0.1, -0.05) is 23.7 Å². The Morgan fingerprint density at radius 3 is 2.24 bits per heavy atom. The highest BCUT2D eigenvalue weighted by atomic mass is 35.5. The summed E-state index contributed by atoms with van der Waals surface area (Å²) < 4.78 is 11.0. The van der Waals surface area contributed by atoms with E-state index in [1.807, 2.05) is 31.3 Å². The van der Waals surface area contributed by atoms with E-state index in [2.05, 4.69) is 5.32 Å². The number of ether oxygens (including phenoxy) is 2. The molecule has 0 saturated carbocycles. The minimum atomic E-state index is -0.394. The molecule has 2 aromatic rings. The zero-order valence-electron chi connectivity index (χ0n) is 14.7. The molecule has 0 heterocycles.